The van der Waals surface area contributed by atoms with Gasteiger partial charge in [0.25, 0.3) is 0 Å². The molecule has 156 valence electrons. The summed E-state index contributed by atoms with van der Waals surface area (Å²) in [6.07, 6.45) is 4.29. The maximum Gasteiger partial charge on any atom is 0.219 e. The summed E-state index contributed by atoms with van der Waals surface area (Å²) in [5, 5.41) is 10.4. The molecule has 0 radical (unpaired) electrons. The van der Waals surface area contributed by atoms with Crippen LogP contribution in [-0.2, 0) is 11.3 Å². The number of hydrogen-bond donors (Lipinski definition) is 1. The van der Waals surface area contributed by atoms with Crippen LogP contribution in [0.5, 0.6) is 5.75 Å². The second-order valence-corrected chi connectivity index (χ2v) is 8.07. The molecule has 3 rings (SSSR count). The number of nitrogens with zero attached hydrogens (tertiary/aromatic N) is 3. The molecule has 2 saturated heterocycles. The number of likely N-dealkylation sites (tertiary alicyclic amines) is 1. The molecular formula is C22H35N3O3. The standard InChI is InChI=1S/C22H35N3O3/c1-19(26)25-13-7-12-24(14-15-25)16-20-8-3-4-9-22(20)28-18-21(27)17-23-10-5-2-6-11-23/h3-4,8-9,21,27H,2,5-7,10-18H2,1H3/t21-/m1/s1. The molecule has 0 spiro atoms. The van der Waals surface area contributed by atoms with Crippen molar-refractivity contribution >= 4 is 5.91 Å². The molecule has 1 aromatic rings. The maximum atomic E-state index is 11.6. The molecule has 28 heavy (non-hydrogen) atoms. The summed E-state index contributed by atoms with van der Waals surface area (Å²) in [5.74, 6) is 1.01. The first-order chi connectivity index (χ1) is 13.6. The number of aliphatic hydroxyl groups is 1. The number of ether oxygens (including phenoxy) is 1. The Hall–Kier alpha value is -1.63. The average Bonchev–Trinajstić information content (AvgIpc) is 2.94. The fraction of sp³-hybridized carbons (Fsp3) is 0.682. The van der Waals surface area contributed by atoms with Crippen molar-refractivity contribution in [2.24, 2.45) is 0 Å². The highest BCUT2D eigenvalue weighted by Gasteiger charge is 2.19. The predicted molar refractivity (Wildman–Crippen MR) is 110 cm³/mol. The van der Waals surface area contributed by atoms with E-state index >= 15 is 0 Å². The van der Waals surface area contributed by atoms with E-state index in [0.717, 1.165) is 63.5 Å². The van der Waals surface area contributed by atoms with E-state index in [4.69, 9.17) is 4.74 Å². The van der Waals surface area contributed by atoms with Crippen LogP contribution in [0.1, 0.15) is 38.2 Å². The Labute approximate surface area is 169 Å². The minimum atomic E-state index is -0.464. The SMILES string of the molecule is CC(=O)N1CCCN(Cc2ccccc2OC[C@H](O)CN2CCCCC2)CC1. The Morgan fingerprint density at radius 3 is 2.54 bits per heavy atom. The van der Waals surface area contributed by atoms with Gasteiger partial charge in [0.15, 0.2) is 0 Å². The average molecular weight is 390 g/mol. The minimum absolute atomic E-state index is 0.160. The highest BCUT2D eigenvalue weighted by Crippen LogP contribution is 2.21. The van der Waals surface area contributed by atoms with Gasteiger partial charge in [0.05, 0.1) is 0 Å². The molecule has 2 fully saturated rings. The molecule has 1 atom stereocenters. The largest absolute Gasteiger partial charge is 0.491 e. The van der Waals surface area contributed by atoms with Crippen molar-refractivity contribution in [3.63, 3.8) is 0 Å². The van der Waals surface area contributed by atoms with Gasteiger partial charge < -0.3 is 19.6 Å². The zero-order chi connectivity index (χ0) is 19.8. The van der Waals surface area contributed by atoms with Crippen LogP contribution in [0, 0.1) is 0 Å². The van der Waals surface area contributed by atoms with Crippen LogP contribution in [0.15, 0.2) is 24.3 Å². The van der Waals surface area contributed by atoms with Crippen molar-refractivity contribution in [1.29, 1.82) is 0 Å². The fourth-order valence-corrected chi connectivity index (χ4v) is 4.14. The van der Waals surface area contributed by atoms with Gasteiger partial charge in [0.2, 0.25) is 5.91 Å². The summed E-state index contributed by atoms with van der Waals surface area (Å²) in [7, 11) is 0. The Morgan fingerprint density at radius 1 is 1.00 bits per heavy atom. The fourth-order valence-electron chi connectivity index (χ4n) is 4.14. The zero-order valence-electron chi connectivity index (χ0n) is 17.2. The van der Waals surface area contributed by atoms with Crippen LogP contribution >= 0.6 is 0 Å². The lowest BCUT2D eigenvalue weighted by molar-refractivity contribution is -0.128. The summed E-state index contributed by atoms with van der Waals surface area (Å²) >= 11 is 0. The number of amides is 1. The van der Waals surface area contributed by atoms with E-state index in [9.17, 15) is 9.90 Å². The quantitative estimate of drug-likeness (QED) is 0.773. The first-order valence-electron chi connectivity index (χ1n) is 10.7. The van der Waals surface area contributed by atoms with Gasteiger partial charge >= 0.3 is 0 Å². The van der Waals surface area contributed by atoms with Crippen molar-refractivity contribution in [3.8, 4) is 5.75 Å². The Balaban J connectivity index is 1.50. The summed E-state index contributed by atoms with van der Waals surface area (Å²) < 4.78 is 6.00. The predicted octanol–water partition coefficient (Wildman–Crippen LogP) is 1.97. The van der Waals surface area contributed by atoms with Crippen molar-refractivity contribution in [2.75, 3.05) is 52.4 Å². The third-order valence-electron chi connectivity index (χ3n) is 5.75. The molecule has 1 aromatic carbocycles. The molecule has 1 N–H and O–H groups in total. The van der Waals surface area contributed by atoms with E-state index in [1.165, 1.54) is 19.3 Å². The van der Waals surface area contributed by atoms with Crippen molar-refractivity contribution < 1.29 is 14.6 Å². The second-order valence-electron chi connectivity index (χ2n) is 8.07. The van der Waals surface area contributed by atoms with Gasteiger partial charge in [-0.25, -0.2) is 0 Å². The molecule has 0 unspecified atom stereocenters. The lowest BCUT2D eigenvalue weighted by Gasteiger charge is -2.28. The molecule has 0 aromatic heterocycles. The van der Waals surface area contributed by atoms with E-state index in [2.05, 4.69) is 15.9 Å². The van der Waals surface area contributed by atoms with Gasteiger partial charge in [0.1, 0.15) is 18.5 Å². The van der Waals surface area contributed by atoms with Gasteiger partial charge in [0, 0.05) is 51.8 Å². The smallest absolute Gasteiger partial charge is 0.219 e. The Bertz CT molecular complexity index is 619. The molecule has 0 saturated carbocycles. The Morgan fingerprint density at radius 2 is 1.75 bits per heavy atom. The normalized spacial score (nSPS) is 20.6. The number of hydrogen-bond acceptors (Lipinski definition) is 5. The van der Waals surface area contributed by atoms with Gasteiger partial charge in [-0.05, 0) is 38.4 Å². The Kier molecular flexibility index (Phi) is 8.13. The van der Waals surface area contributed by atoms with E-state index in [0.29, 0.717) is 13.2 Å². The lowest BCUT2D eigenvalue weighted by Crippen LogP contribution is -2.38. The zero-order valence-corrected chi connectivity index (χ0v) is 17.2. The van der Waals surface area contributed by atoms with Crippen LogP contribution in [0.3, 0.4) is 0 Å². The maximum absolute atomic E-state index is 11.6. The van der Waals surface area contributed by atoms with E-state index in [1.54, 1.807) is 6.92 Å². The molecule has 2 aliphatic heterocycles. The number of β-amino-alcohol motifs (C(OH)–C–C–N with tert-alkyl or cyclic N) is 1. The van der Waals surface area contributed by atoms with Crippen LogP contribution in [-0.4, -0.2) is 84.2 Å². The molecule has 0 bridgehead atoms. The summed E-state index contributed by atoms with van der Waals surface area (Å²) in [6, 6.07) is 8.10. The number of rotatable bonds is 7. The molecule has 2 heterocycles. The molecule has 1 amide bonds. The second kappa shape index (κ2) is 10.8. The van der Waals surface area contributed by atoms with Crippen LogP contribution in [0.2, 0.25) is 0 Å². The number of piperidine rings is 1. The highest BCUT2D eigenvalue weighted by atomic mass is 16.5. The van der Waals surface area contributed by atoms with Crippen LogP contribution in [0.25, 0.3) is 0 Å². The van der Waals surface area contributed by atoms with E-state index in [-0.39, 0.29) is 5.91 Å². The number of aliphatic hydroxyl groups excluding tert-OH is 1. The molecule has 0 aliphatic carbocycles. The summed E-state index contributed by atoms with van der Waals surface area (Å²) in [6.45, 7) is 9.12. The van der Waals surface area contributed by atoms with Gasteiger partial charge in [-0.1, -0.05) is 24.6 Å². The van der Waals surface area contributed by atoms with Crippen LogP contribution < -0.4 is 4.74 Å². The number of carbonyl (C=O) groups is 1. The van der Waals surface area contributed by atoms with E-state index < -0.39 is 6.10 Å². The van der Waals surface area contributed by atoms with Crippen molar-refractivity contribution in [2.45, 2.75) is 45.3 Å². The summed E-state index contributed by atoms with van der Waals surface area (Å²) in [4.78, 5) is 18.3. The van der Waals surface area contributed by atoms with Gasteiger partial charge in [-0.3, -0.25) is 9.69 Å². The number of carbonyl (C=O) groups excluding carboxylic acids is 1. The lowest BCUT2D eigenvalue weighted by atomic mass is 10.1. The van der Waals surface area contributed by atoms with Crippen molar-refractivity contribution in [3.05, 3.63) is 29.8 Å². The number of para-hydroxylation sites is 1. The molecule has 6 nitrogen and oxygen atoms in total. The first kappa shape index (κ1) is 21.1. The topological polar surface area (TPSA) is 56.3 Å². The van der Waals surface area contributed by atoms with E-state index in [1.807, 2.05) is 23.1 Å². The third-order valence-corrected chi connectivity index (χ3v) is 5.75. The van der Waals surface area contributed by atoms with Crippen molar-refractivity contribution in [1.82, 2.24) is 14.7 Å². The van der Waals surface area contributed by atoms with Gasteiger partial charge in [-0.2, -0.15) is 0 Å². The molecule has 6 heteroatoms. The molecular weight excluding hydrogens is 354 g/mol. The molecule has 2 aliphatic rings. The third kappa shape index (κ3) is 6.47. The number of benzene rings is 1. The minimum Gasteiger partial charge on any atom is -0.491 e. The van der Waals surface area contributed by atoms with Crippen LogP contribution in [0.4, 0.5) is 0 Å². The summed E-state index contributed by atoms with van der Waals surface area (Å²) in [5.41, 5.74) is 1.14. The first-order valence-corrected chi connectivity index (χ1v) is 10.7. The monoisotopic (exact) mass is 389 g/mol. The highest BCUT2D eigenvalue weighted by molar-refractivity contribution is 5.73. The van der Waals surface area contributed by atoms with Gasteiger partial charge in [-0.15, -0.1) is 0 Å².